The van der Waals surface area contributed by atoms with Crippen LogP contribution in [0.3, 0.4) is 0 Å². The van der Waals surface area contributed by atoms with Crippen molar-refractivity contribution in [3.05, 3.63) is 61.2 Å². The molecule has 120 valence electrons. The van der Waals surface area contributed by atoms with E-state index in [1.54, 1.807) is 24.3 Å². The Morgan fingerprint density at radius 2 is 2.04 bits per heavy atom. The standard InChI is InChI=1S/C15H13IN2O5/c1-22-14-7-11(8-17-19)6-13(16)15(14)23-9-10-2-4-12(5-3-10)18(20)21/h2-8,19H,9H2,1H3/b17-8+. The third kappa shape index (κ3) is 4.31. The molecule has 23 heavy (non-hydrogen) atoms. The highest BCUT2D eigenvalue weighted by Crippen LogP contribution is 2.34. The highest BCUT2D eigenvalue weighted by atomic mass is 127. The SMILES string of the molecule is COc1cc(/C=N/O)cc(I)c1OCc1ccc([N+](=O)[O-])cc1. The molecule has 8 heteroatoms. The molecular weight excluding hydrogens is 415 g/mol. The average Bonchev–Trinajstić information content (AvgIpc) is 2.54. The Kier molecular flexibility index (Phi) is 5.74. The average molecular weight is 428 g/mol. The fraction of sp³-hybridized carbons (Fsp3) is 0.133. The molecule has 0 atom stereocenters. The minimum Gasteiger partial charge on any atom is -0.493 e. The van der Waals surface area contributed by atoms with Crippen molar-refractivity contribution in [3.63, 3.8) is 0 Å². The van der Waals surface area contributed by atoms with E-state index in [-0.39, 0.29) is 12.3 Å². The Morgan fingerprint density at radius 1 is 1.35 bits per heavy atom. The molecule has 0 saturated heterocycles. The van der Waals surface area contributed by atoms with E-state index in [0.717, 1.165) is 9.13 Å². The molecule has 0 aliphatic heterocycles. The van der Waals surface area contributed by atoms with Crippen molar-refractivity contribution in [3.8, 4) is 11.5 Å². The highest BCUT2D eigenvalue weighted by Gasteiger charge is 2.12. The van der Waals surface area contributed by atoms with E-state index < -0.39 is 4.92 Å². The van der Waals surface area contributed by atoms with E-state index in [4.69, 9.17) is 14.7 Å². The lowest BCUT2D eigenvalue weighted by molar-refractivity contribution is -0.384. The number of nitrogens with zero attached hydrogens (tertiary/aromatic N) is 2. The number of benzene rings is 2. The van der Waals surface area contributed by atoms with Crippen LogP contribution in [0.25, 0.3) is 0 Å². The quantitative estimate of drug-likeness (QED) is 0.250. The van der Waals surface area contributed by atoms with Crippen molar-refractivity contribution in [2.75, 3.05) is 7.11 Å². The van der Waals surface area contributed by atoms with E-state index in [1.165, 1.54) is 25.5 Å². The van der Waals surface area contributed by atoms with Gasteiger partial charge in [-0.1, -0.05) is 5.16 Å². The van der Waals surface area contributed by atoms with Gasteiger partial charge in [-0.05, 0) is 52.4 Å². The second-order valence-electron chi connectivity index (χ2n) is 4.49. The molecular formula is C15H13IN2O5. The molecule has 0 saturated carbocycles. The Hall–Kier alpha value is -2.36. The fourth-order valence-corrected chi connectivity index (χ4v) is 2.67. The maximum atomic E-state index is 10.6. The van der Waals surface area contributed by atoms with Crippen LogP contribution in [-0.2, 0) is 6.61 Å². The number of rotatable bonds is 6. The number of oxime groups is 1. The maximum Gasteiger partial charge on any atom is 0.269 e. The van der Waals surface area contributed by atoms with Crippen molar-refractivity contribution in [1.29, 1.82) is 0 Å². The van der Waals surface area contributed by atoms with Crippen LogP contribution in [0.1, 0.15) is 11.1 Å². The highest BCUT2D eigenvalue weighted by molar-refractivity contribution is 14.1. The first-order valence-corrected chi connectivity index (χ1v) is 7.54. The molecule has 0 aliphatic carbocycles. The maximum absolute atomic E-state index is 10.6. The molecule has 7 nitrogen and oxygen atoms in total. The van der Waals surface area contributed by atoms with Gasteiger partial charge < -0.3 is 14.7 Å². The number of non-ortho nitro benzene ring substituents is 1. The lowest BCUT2D eigenvalue weighted by atomic mass is 10.2. The Balaban J connectivity index is 2.18. The largest absolute Gasteiger partial charge is 0.493 e. The van der Waals surface area contributed by atoms with E-state index in [2.05, 4.69) is 27.7 Å². The van der Waals surface area contributed by atoms with Gasteiger partial charge in [0, 0.05) is 17.7 Å². The molecule has 0 spiro atoms. The minimum atomic E-state index is -0.446. The predicted octanol–water partition coefficient (Wildman–Crippen LogP) is 3.60. The first-order valence-electron chi connectivity index (χ1n) is 6.46. The number of methoxy groups -OCH3 is 1. The van der Waals surface area contributed by atoms with Crippen molar-refractivity contribution in [2.45, 2.75) is 6.61 Å². The first kappa shape index (κ1) is 17.0. The molecule has 0 fully saturated rings. The topological polar surface area (TPSA) is 94.2 Å². The summed E-state index contributed by atoms with van der Waals surface area (Å²) < 4.78 is 11.8. The smallest absolute Gasteiger partial charge is 0.269 e. The van der Waals surface area contributed by atoms with Gasteiger partial charge >= 0.3 is 0 Å². The Bertz CT molecular complexity index is 731. The molecule has 0 aliphatic rings. The minimum absolute atomic E-state index is 0.0357. The molecule has 0 aromatic heterocycles. The number of hydrogen-bond acceptors (Lipinski definition) is 6. The molecule has 0 unspecified atom stereocenters. The summed E-state index contributed by atoms with van der Waals surface area (Å²) in [6.07, 6.45) is 1.30. The third-order valence-corrected chi connectivity index (χ3v) is 3.79. The summed E-state index contributed by atoms with van der Waals surface area (Å²) >= 11 is 2.09. The van der Waals surface area contributed by atoms with E-state index >= 15 is 0 Å². The molecule has 1 N–H and O–H groups in total. The van der Waals surface area contributed by atoms with Crippen LogP contribution in [0.15, 0.2) is 41.6 Å². The zero-order chi connectivity index (χ0) is 16.8. The fourth-order valence-electron chi connectivity index (χ4n) is 1.89. The summed E-state index contributed by atoms with van der Waals surface area (Å²) in [4.78, 5) is 10.2. The van der Waals surface area contributed by atoms with Gasteiger partial charge in [-0.3, -0.25) is 10.1 Å². The van der Waals surface area contributed by atoms with Gasteiger partial charge in [-0.25, -0.2) is 0 Å². The van der Waals surface area contributed by atoms with Crippen molar-refractivity contribution in [1.82, 2.24) is 0 Å². The zero-order valence-electron chi connectivity index (χ0n) is 12.1. The normalized spacial score (nSPS) is 10.7. The Labute approximate surface area is 145 Å². The van der Waals surface area contributed by atoms with Gasteiger partial charge in [0.2, 0.25) is 0 Å². The molecule has 2 rings (SSSR count). The van der Waals surface area contributed by atoms with Crippen LogP contribution in [0.4, 0.5) is 5.69 Å². The van der Waals surface area contributed by atoms with E-state index in [1.807, 2.05) is 0 Å². The van der Waals surface area contributed by atoms with Crippen LogP contribution in [-0.4, -0.2) is 23.5 Å². The summed E-state index contributed by atoms with van der Waals surface area (Å²) in [5.41, 5.74) is 1.51. The van der Waals surface area contributed by atoms with Crippen LogP contribution in [0.5, 0.6) is 11.5 Å². The van der Waals surface area contributed by atoms with Gasteiger partial charge in [-0.2, -0.15) is 0 Å². The lowest BCUT2D eigenvalue weighted by Crippen LogP contribution is -2.01. The van der Waals surface area contributed by atoms with Crippen LogP contribution < -0.4 is 9.47 Å². The molecule has 0 amide bonds. The molecule has 0 bridgehead atoms. The molecule has 2 aromatic carbocycles. The van der Waals surface area contributed by atoms with Crippen LogP contribution >= 0.6 is 22.6 Å². The monoisotopic (exact) mass is 428 g/mol. The van der Waals surface area contributed by atoms with E-state index in [9.17, 15) is 10.1 Å². The van der Waals surface area contributed by atoms with Crippen LogP contribution in [0.2, 0.25) is 0 Å². The van der Waals surface area contributed by atoms with Crippen molar-refractivity contribution >= 4 is 34.5 Å². The van der Waals surface area contributed by atoms with Crippen molar-refractivity contribution in [2.24, 2.45) is 5.16 Å². The summed E-state index contributed by atoms with van der Waals surface area (Å²) in [6.45, 7) is 0.248. The first-order chi connectivity index (χ1) is 11.0. The summed E-state index contributed by atoms with van der Waals surface area (Å²) in [7, 11) is 1.52. The molecule has 2 aromatic rings. The molecule has 0 heterocycles. The summed E-state index contributed by atoms with van der Waals surface area (Å²) in [6, 6.07) is 9.62. The summed E-state index contributed by atoms with van der Waals surface area (Å²) in [5, 5.41) is 22.2. The van der Waals surface area contributed by atoms with E-state index in [0.29, 0.717) is 17.1 Å². The van der Waals surface area contributed by atoms with Gasteiger partial charge in [-0.15, -0.1) is 0 Å². The van der Waals surface area contributed by atoms with Crippen molar-refractivity contribution < 1.29 is 19.6 Å². The van der Waals surface area contributed by atoms with Crippen LogP contribution in [0, 0.1) is 13.7 Å². The number of nitro groups is 1. The molecule has 0 radical (unpaired) electrons. The second kappa shape index (κ2) is 7.77. The Morgan fingerprint density at radius 3 is 2.61 bits per heavy atom. The van der Waals surface area contributed by atoms with Gasteiger partial charge in [0.1, 0.15) is 6.61 Å². The van der Waals surface area contributed by atoms with Gasteiger partial charge in [0.15, 0.2) is 11.5 Å². The number of halogens is 1. The third-order valence-electron chi connectivity index (χ3n) is 2.99. The van der Waals surface area contributed by atoms with Gasteiger partial charge in [0.25, 0.3) is 5.69 Å². The summed E-state index contributed by atoms with van der Waals surface area (Å²) in [5.74, 6) is 1.07. The zero-order valence-corrected chi connectivity index (χ0v) is 14.3. The number of hydrogen-bond donors (Lipinski definition) is 1. The lowest BCUT2D eigenvalue weighted by Gasteiger charge is -2.13. The second-order valence-corrected chi connectivity index (χ2v) is 5.65. The predicted molar refractivity (Wildman–Crippen MR) is 92.5 cm³/mol. The number of nitro benzene ring substituents is 1. The van der Waals surface area contributed by atoms with Gasteiger partial charge in [0.05, 0.1) is 21.8 Å². The number of ether oxygens (including phenoxy) is 2.